The van der Waals surface area contributed by atoms with Crippen LogP contribution >= 0.6 is 0 Å². The molecule has 1 saturated heterocycles. The van der Waals surface area contributed by atoms with Crippen molar-refractivity contribution >= 4 is 0 Å². The van der Waals surface area contributed by atoms with E-state index >= 15 is 0 Å². The highest BCUT2D eigenvalue weighted by molar-refractivity contribution is 5.61. The van der Waals surface area contributed by atoms with Crippen molar-refractivity contribution in [2.45, 2.75) is 19.3 Å². The maximum absolute atomic E-state index is 9.67. The van der Waals surface area contributed by atoms with Gasteiger partial charge in [-0.2, -0.15) is 4.98 Å². The van der Waals surface area contributed by atoms with Crippen LogP contribution in [0.1, 0.15) is 23.7 Å². The van der Waals surface area contributed by atoms with E-state index < -0.39 is 0 Å². The van der Waals surface area contributed by atoms with Gasteiger partial charge in [0, 0.05) is 23.7 Å². The van der Waals surface area contributed by atoms with Gasteiger partial charge in [-0.25, -0.2) is 0 Å². The number of hydrogen-bond donors (Lipinski definition) is 1. The largest absolute Gasteiger partial charge is 0.508 e. The van der Waals surface area contributed by atoms with Gasteiger partial charge in [-0.15, -0.1) is 0 Å². The molecule has 1 fully saturated rings. The first-order valence-electron chi connectivity index (χ1n) is 5.96. The molecule has 5 heteroatoms. The van der Waals surface area contributed by atoms with Crippen LogP contribution in [0.15, 0.2) is 22.7 Å². The van der Waals surface area contributed by atoms with E-state index in [0.717, 1.165) is 24.2 Å². The Kier molecular flexibility index (Phi) is 2.76. The van der Waals surface area contributed by atoms with Gasteiger partial charge in [0.15, 0.2) is 5.82 Å². The molecule has 0 bridgehead atoms. The van der Waals surface area contributed by atoms with Crippen LogP contribution in [0.2, 0.25) is 0 Å². The number of aromatic nitrogens is 2. The number of phenolic OH excluding ortho intramolecular Hbond substituents is 1. The summed E-state index contributed by atoms with van der Waals surface area (Å²) in [7, 11) is 0. The molecule has 1 aliphatic rings. The number of ether oxygens (including phenoxy) is 1. The number of hydrogen-bond acceptors (Lipinski definition) is 5. The van der Waals surface area contributed by atoms with Crippen molar-refractivity contribution in [1.82, 2.24) is 10.1 Å². The summed E-state index contributed by atoms with van der Waals surface area (Å²) in [6, 6.07) is 5.26. The monoisotopic (exact) mass is 246 g/mol. The second kappa shape index (κ2) is 4.42. The Balaban J connectivity index is 1.95. The van der Waals surface area contributed by atoms with Crippen LogP contribution < -0.4 is 0 Å². The number of nitrogens with zero attached hydrogens (tertiary/aromatic N) is 2. The second-order valence-corrected chi connectivity index (χ2v) is 4.47. The average Bonchev–Trinajstić information content (AvgIpc) is 3.01. The normalized spacial score (nSPS) is 19.3. The molecule has 0 saturated carbocycles. The van der Waals surface area contributed by atoms with E-state index in [9.17, 15) is 5.11 Å². The summed E-state index contributed by atoms with van der Waals surface area (Å²) < 4.78 is 10.6. The zero-order valence-corrected chi connectivity index (χ0v) is 10.1. The van der Waals surface area contributed by atoms with Gasteiger partial charge in [0.2, 0.25) is 0 Å². The maximum Gasteiger partial charge on any atom is 0.258 e. The molecule has 0 unspecified atom stereocenters. The molecule has 1 aromatic heterocycles. The lowest BCUT2D eigenvalue weighted by Gasteiger charge is -2.02. The van der Waals surface area contributed by atoms with E-state index in [1.807, 2.05) is 13.0 Å². The van der Waals surface area contributed by atoms with Crippen molar-refractivity contribution in [3.8, 4) is 17.2 Å². The molecule has 0 amide bonds. The van der Waals surface area contributed by atoms with Crippen LogP contribution in [0.25, 0.3) is 11.5 Å². The third kappa shape index (κ3) is 1.86. The van der Waals surface area contributed by atoms with Gasteiger partial charge in [-0.1, -0.05) is 11.2 Å². The number of benzene rings is 1. The number of phenols is 1. The number of aromatic hydroxyl groups is 1. The fourth-order valence-corrected chi connectivity index (χ4v) is 2.10. The van der Waals surface area contributed by atoms with E-state index in [-0.39, 0.29) is 11.7 Å². The predicted octanol–water partition coefficient (Wildman–Crippen LogP) is 2.25. The molecule has 1 N–H and O–H groups in total. The third-order valence-corrected chi connectivity index (χ3v) is 3.27. The van der Waals surface area contributed by atoms with Crippen LogP contribution in [-0.2, 0) is 4.74 Å². The van der Waals surface area contributed by atoms with Crippen LogP contribution in [0.5, 0.6) is 5.75 Å². The van der Waals surface area contributed by atoms with Crippen molar-refractivity contribution in [3.63, 3.8) is 0 Å². The summed E-state index contributed by atoms with van der Waals surface area (Å²) in [5, 5.41) is 13.7. The fraction of sp³-hybridized carbons (Fsp3) is 0.385. The first-order chi connectivity index (χ1) is 8.75. The lowest BCUT2D eigenvalue weighted by Crippen LogP contribution is -1.99. The smallest absolute Gasteiger partial charge is 0.258 e. The highest BCUT2D eigenvalue weighted by Gasteiger charge is 2.24. The lowest BCUT2D eigenvalue weighted by atomic mass is 10.1. The minimum absolute atomic E-state index is 0.222. The minimum atomic E-state index is 0.222. The standard InChI is InChI=1S/C13H14N2O3/c1-8-10(3-2-4-11(8)16)13-14-12(15-18-13)9-5-6-17-7-9/h2-4,9,16H,5-7H2,1H3/t9-/m0/s1. The molecule has 94 valence electrons. The van der Waals surface area contributed by atoms with Crippen molar-refractivity contribution < 1.29 is 14.4 Å². The molecule has 1 aromatic carbocycles. The molecule has 0 radical (unpaired) electrons. The molecule has 18 heavy (non-hydrogen) atoms. The fourth-order valence-electron chi connectivity index (χ4n) is 2.10. The van der Waals surface area contributed by atoms with Gasteiger partial charge in [-0.05, 0) is 25.5 Å². The Morgan fingerprint density at radius 3 is 3.06 bits per heavy atom. The van der Waals surface area contributed by atoms with E-state index in [0.29, 0.717) is 18.3 Å². The molecule has 1 atom stereocenters. The Morgan fingerprint density at radius 1 is 1.39 bits per heavy atom. The summed E-state index contributed by atoms with van der Waals surface area (Å²) in [4.78, 5) is 4.40. The van der Waals surface area contributed by atoms with Gasteiger partial charge in [-0.3, -0.25) is 0 Å². The van der Waals surface area contributed by atoms with Crippen molar-refractivity contribution in [1.29, 1.82) is 0 Å². The predicted molar refractivity (Wildman–Crippen MR) is 64.3 cm³/mol. The van der Waals surface area contributed by atoms with Gasteiger partial charge in [0.05, 0.1) is 6.61 Å². The molecule has 0 aliphatic carbocycles. The Labute approximate surface area is 104 Å². The Bertz CT molecular complexity index is 559. The third-order valence-electron chi connectivity index (χ3n) is 3.27. The zero-order valence-electron chi connectivity index (χ0n) is 10.1. The summed E-state index contributed by atoms with van der Waals surface area (Å²) >= 11 is 0. The summed E-state index contributed by atoms with van der Waals surface area (Å²) in [5.41, 5.74) is 1.52. The zero-order chi connectivity index (χ0) is 12.5. The van der Waals surface area contributed by atoms with Crippen LogP contribution in [0.3, 0.4) is 0 Å². The maximum atomic E-state index is 9.67. The van der Waals surface area contributed by atoms with E-state index in [4.69, 9.17) is 9.26 Å². The van der Waals surface area contributed by atoms with Crippen LogP contribution in [-0.4, -0.2) is 28.5 Å². The molecule has 3 rings (SSSR count). The molecule has 5 nitrogen and oxygen atoms in total. The lowest BCUT2D eigenvalue weighted by molar-refractivity contribution is 0.192. The minimum Gasteiger partial charge on any atom is -0.508 e. The SMILES string of the molecule is Cc1c(O)cccc1-c1nc([C@H]2CCOC2)no1. The molecular weight excluding hydrogens is 232 g/mol. The highest BCUT2D eigenvalue weighted by atomic mass is 16.5. The second-order valence-electron chi connectivity index (χ2n) is 4.47. The van der Waals surface area contributed by atoms with Crippen LogP contribution in [0, 0.1) is 6.92 Å². The Morgan fingerprint density at radius 2 is 2.28 bits per heavy atom. The quantitative estimate of drug-likeness (QED) is 0.880. The first kappa shape index (κ1) is 11.2. The topological polar surface area (TPSA) is 68.4 Å². The van der Waals surface area contributed by atoms with Gasteiger partial charge in [0.1, 0.15) is 5.75 Å². The number of rotatable bonds is 2. The van der Waals surface area contributed by atoms with E-state index in [1.165, 1.54) is 0 Å². The molecule has 2 heterocycles. The average molecular weight is 246 g/mol. The summed E-state index contributed by atoms with van der Waals surface area (Å²) in [6.07, 6.45) is 0.929. The molecule has 1 aliphatic heterocycles. The van der Waals surface area contributed by atoms with Crippen molar-refractivity contribution in [3.05, 3.63) is 29.6 Å². The Hall–Kier alpha value is -1.88. The van der Waals surface area contributed by atoms with Gasteiger partial charge >= 0.3 is 0 Å². The van der Waals surface area contributed by atoms with Crippen molar-refractivity contribution in [2.75, 3.05) is 13.2 Å². The van der Waals surface area contributed by atoms with E-state index in [2.05, 4.69) is 10.1 Å². The van der Waals surface area contributed by atoms with Gasteiger partial charge < -0.3 is 14.4 Å². The summed E-state index contributed by atoms with van der Waals surface area (Å²) in [5.74, 6) is 1.59. The summed E-state index contributed by atoms with van der Waals surface area (Å²) in [6.45, 7) is 3.23. The highest BCUT2D eigenvalue weighted by Crippen LogP contribution is 2.30. The van der Waals surface area contributed by atoms with E-state index in [1.54, 1.807) is 12.1 Å². The first-order valence-corrected chi connectivity index (χ1v) is 5.96. The van der Waals surface area contributed by atoms with Crippen molar-refractivity contribution in [2.24, 2.45) is 0 Å². The molecule has 2 aromatic rings. The van der Waals surface area contributed by atoms with Crippen LogP contribution in [0.4, 0.5) is 0 Å². The molecular formula is C13H14N2O3. The van der Waals surface area contributed by atoms with Gasteiger partial charge in [0.25, 0.3) is 5.89 Å². The molecule has 0 spiro atoms.